The average molecular weight is 569 g/mol. The number of sulfone groups is 1. The lowest BCUT2D eigenvalue weighted by atomic mass is 9.98. The molecule has 7 nitrogen and oxygen atoms in total. The summed E-state index contributed by atoms with van der Waals surface area (Å²) in [6.45, 7) is 7.24. The van der Waals surface area contributed by atoms with Crippen LogP contribution in [0.4, 0.5) is 11.5 Å². The van der Waals surface area contributed by atoms with E-state index in [0.717, 1.165) is 58.6 Å². The maximum absolute atomic E-state index is 11.9. The number of likely N-dealkylation sites (tertiary alicyclic amines) is 1. The number of anilines is 2. The molecule has 1 saturated heterocycles. The number of halogens is 1. The number of hydrogen-bond donors (Lipinski definition) is 0. The zero-order valence-electron chi connectivity index (χ0n) is 22.8. The molecule has 0 unspecified atom stereocenters. The first-order chi connectivity index (χ1) is 18.8. The van der Waals surface area contributed by atoms with Gasteiger partial charge in [0, 0.05) is 60.8 Å². The molecule has 0 saturated carbocycles. The summed E-state index contributed by atoms with van der Waals surface area (Å²) in [6.07, 6.45) is 3.63. The van der Waals surface area contributed by atoms with Gasteiger partial charge in [-0.05, 0) is 62.4 Å². The van der Waals surface area contributed by atoms with E-state index < -0.39 is 9.84 Å². The first kappa shape index (κ1) is 27.7. The quantitative estimate of drug-likeness (QED) is 0.328. The molecule has 3 heterocycles. The fraction of sp³-hybridized carbons (Fsp3) is 0.433. The average Bonchev–Trinajstić information content (AvgIpc) is 3.35. The molecule has 2 aromatic carbocycles. The van der Waals surface area contributed by atoms with Crippen molar-refractivity contribution in [2.75, 3.05) is 55.9 Å². The monoisotopic (exact) mass is 568 g/mol. The predicted octanol–water partition coefficient (Wildman–Crippen LogP) is 5.31. The van der Waals surface area contributed by atoms with Gasteiger partial charge in [0.1, 0.15) is 12.4 Å². The van der Waals surface area contributed by atoms with E-state index in [1.54, 1.807) is 0 Å². The fourth-order valence-electron chi connectivity index (χ4n) is 5.73. The van der Waals surface area contributed by atoms with E-state index >= 15 is 0 Å². The highest BCUT2D eigenvalue weighted by Gasteiger charge is 2.26. The van der Waals surface area contributed by atoms with E-state index in [9.17, 15) is 8.42 Å². The van der Waals surface area contributed by atoms with Gasteiger partial charge >= 0.3 is 0 Å². The molecule has 0 amide bonds. The van der Waals surface area contributed by atoms with E-state index in [-0.39, 0.29) is 5.75 Å². The lowest BCUT2D eigenvalue weighted by Gasteiger charge is -2.34. The maximum Gasteiger partial charge on any atom is 0.215 e. The normalized spacial score (nSPS) is 17.8. The smallest absolute Gasteiger partial charge is 0.215 e. The maximum atomic E-state index is 11.9. The van der Waals surface area contributed by atoms with Crippen LogP contribution < -0.4 is 14.5 Å². The lowest BCUT2D eigenvalue weighted by molar-refractivity contribution is 0.193. The van der Waals surface area contributed by atoms with Gasteiger partial charge in [0.05, 0.1) is 10.8 Å². The van der Waals surface area contributed by atoms with Gasteiger partial charge in [0.15, 0.2) is 9.84 Å². The zero-order chi connectivity index (χ0) is 27.6. The molecule has 2 aliphatic rings. The van der Waals surface area contributed by atoms with Crippen molar-refractivity contribution >= 4 is 43.7 Å². The standard InChI is InChI=1S/C30H37ClN4O3S/c1-4-39(36,37)18-8-16-34(3)30-25-14-17-35(27-13-6-10-22-9-5-12-26(31)29(22)27)20-23(25)19-28(32-30)38-21-24-11-7-15-33(24)2/h4-6,9-10,12-13,19,24H,1,7-8,11,14-18,20-21H2,2-3H3/t24-/m0/s1. The molecule has 0 spiro atoms. The van der Waals surface area contributed by atoms with Crippen molar-refractivity contribution < 1.29 is 13.2 Å². The van der Waals surface area contributed by atoms with E-state index in [1.807, 2.05) is 19.2 Å². The van der Waals surface area contributed by atoms with Gasteiger partial charge in [0.25, 0.3) is 0 Å². The Labute approximate surface area is 236 Å². The third-order valence-corrected chi connectivity index (χ3v) is 9.65. The Bertz CT molecular complexity index is 1460. The number of pyridine rings is 1. The van der Waals surface area contributed by atoms with Crippen molar-refractivity contribution in [1.29, 1.82) is 0 Å². The molecule has 5 rings (SSSR count). The van der Waals surface area contributed by atoms with Crippen LogP contribution in [0.1, 0.15) is 30.4 Å². The van der Waals surface area contributed by atoms with E-state index in [0.29, 0.717) is 38.0 Å². The minimum Gasteiger partial charge on any atom is -0.476 e. The molecule has 2 aliphatic heterocycles. The molecule has 0 radical (unpaired) electrons. The number of aromatic nitrogens is 1. The number of fused-ring (bicyclic) bond motifs is 2. The van der Waals surface area contributed by atoms with Gasteiger partial charge < -0.3 is 19.4 Å². The molecule has 1 fully saturated rings. The van der Waals surface area contributed by atoms with Crippen molar-refractivity contribution in [2.24, 2.45) is 0 Å². The summed E-state index contributed by atoms with van der Waals surface area (Å²) in [5, 5.41) is 3.99. The Morgan fingerprint density at radius 2 is 2.03 bits per heavy atom. The molecular weight excluding hydrogens is 532 g/mol. The zero-order valence-corrected chi connectivity index (χ0v) is 24.3. The number of hydrogen-bond acceptors (Lipinski definition) is 7. The van der Waals surface area contributed by atoms with Gasteiger partial charge in [-0.15, -0.1) is 0 Å². The highest BCUT2D eigenvalue weighted by Crippen LogP contribution is 2.37. The Kier molecular flexibility index (Phi) is 8.35. The second kappa shape index (κ2) is 11.7. The van der Waals surface area contributed by atoms with Crippen molar-refractivity contribution in [3.05, 3.63) is 70.6 Å². The summed E-state index contributed by atoms with van der Waals surface area (Å²) in [7, 11) is 0.889. The molecule has 9 heteroatoms. The van der Waals surface area contributed by atoms with Gasteiger partial charge in [-0.2, -0.15) is 4.98 Å². The molecular formula is C30H37ClN4O3S. The predicted molar refractivity (Wildman–Crippen MR) is 161 cm³/mol. The highest BCUT2D eigenvalue weighted by atomic mass is 35.5. The van der Waals surface area contributed by atoms with Crippen molar-refractivity contribution in [2.45, 2.75) is 38.3 Å². The van der Waals surface area contributed by atoms with Crippen molar-refractivity contribution in [3.8, 4) is 5.88 Å². The number of likely N-dealkylation sites (N-methyl/N-ethyl adjacent to an activating group) is 1. The van der Waals surface area contributed by atoms with Crippen LogP contribution in [0.3, 0.4) is 0 Å². The third-order valence-electron chi connectivity index (χ3n) is 7.97. The number of benzene rings is 2. The lowest BCUT2D eigenvalue weighted by Crippen LogP contribution is -2.33. The van der Waals surface area contributed by atoms with Gasteiger partial charge in [0.2, 0.25) is 5.88 Å². The minimum absolute atomic E-state index is 0.0723. The summed E-state index contributed by atoms with van der Waals surface area (Å²) >= 11 is 6.66. The summed E-state index contributed by atoms with van der Waals surface area (Å²) in [6, 6.07) is 14.8. The van der Waals surface area contributed by atoms with Crippen LogP contribution >= 0.6 is 11.6 Å². The summed E-state index contributed by atoms with van der Waals surface area (Å²) in [4.78, 5) is 11.7. The molecule has 0 bridgehead atoms. The van der Waals surface area contributed by atoms with Crippen LogP contribution in [0.15, 0.2) is 54.5 Å². The summed E-state index contributed by atoms with van der Waals surface area (Å²) in [5.74, 6) is 1.56. The van der Waals surface area contributed by atoms with Crippen LogP contribution in [0.2, 0.25) is 5.02 Å². The Morgan fingerprint density at radius 1 is 1.23 bits per heavy atom. The summed E-state index contributed by atoms with van der Waals surface area (Å²) < 4.78 is 30.2. The fourth-order valence-corrected chi connectivity index (χ4v) is 6.70. The number of ether oxygens (including phenoxy) is 1. The number of nitrogens with zero attached hydrogens (tertiary/aromatic N) is 4. The summed E-state index contributed by atoms with van der Waals surface area (Å²) in [5.41, 5.74) is 3.49. The van der Waals surface area contributed by atoms with Crippen LogP contribution in [0.25, 0.3) is 10.8 Å². The van der Waals surface area contributed by atoms with Crippen LogP contribution in [0.5, 0.6) is 5.88 Å². The Balaban J connectivity index is 1.44. The number of rotatable bonds is 10. The van der Waals surface area contributed by atoms with Gasteiger partial charge in [-0.1, -0.05) is 42.4 Å². The second-order valence-corrected chi connectivity index (χ2v) is 13.1. The molecule has 39 heavy (non-hydrogen) atoms. The minimum atomic E-state index is -3.24. The van der Waals surface area contributed by atoms with Gasteiger partial charge in [-0.25, -0.2) is 8.42 Å². The molecule has 1 aromatic heterocycles. The Morgan fingerprint density at radius 3 is 2.77 bits per heavy atom. The molecule has 0 aliphatic carbocycles. The Hall–Kier alpha value is -2.81. The molecule has 0 N–H and O–H groups in total. The first-order valence-electron chi connectivity index (χ1n) is 13.6. The van der Waals surface area contributed by atoms with Crippen molar-refractivity contribution in [3.63, 3.8) is 0 Å². The topological polar surface area (TPSA) is 66.0 Å². The van der Waals surface area contributed by atoms with Gasteiger partial charge in [-0.3, -0.25) is 0 Å². The third kappa shape index (κ3) is 6.18. The van der Waals surface area contributed by atoms with Crippen LogP contribution in [-0.4, -0.2) is 70.4 Å². The highest BCUT2D eigenvalue weighted by molar-refractivity contribution is 7.94. The van der Waals surface area contributed by atoms with Crippen molar-refractivity contribution in [1.82, 2.24) is 9.88 Å². The van der Waals surface area contributed by atoms with E-state index in [1.165, 1.54) is 17.5 Å². The molecule has 208 valence electrons. The van der Waals surface area contributed by atoms with E-state index in [4.69, 9.17) is 21.3 Å². The first-order valence-corrected chi connectivity index (χ1v) is 15.7. The largest absolute Gasteiger partial charge is 0.476 e. The van der Waals surface area contributed by atoms with E-state index in [2.05, 4.69) is 58.7 Å². The molecule has 1 atom stereocenters. The molecule has 3 aromatic rings. The second-order valence-electron chi connectivity index (χ2n) is 10.6. The SMILES string of the molecule is C=CS(=O)(=O)CCCN(C)c1nc(OC[C@@H]2CCCN2C)cc2c1CCN(c1cccc3cccc(Cl)c13)C2. The van der Waals surface area contributed by atoms with Crippen LogP contribution in [0, 0.1) is 0 Å². The van der Waals surface area contributed by atoms with Crippen LogP contribution in [-0.2, 0) is 22.8 Å².